The molecule has 148 valence electrons. The van der Waals surface area contributed by atoms with E-state index in [2.05, 4.69) is 27.5 Å². The Morgan fingerprint density at radius 1 is 1.11 bits per heavy atom. The lowest BCUT2D eigenvalue weighted by Crippen LogP contribution is -2.38. The zero-order valence-electron chi connectivity index (χ0n) is 16.0. The van der Waals surface area contributed by atoms with Crippen LogP contribution in [0.3, 0.4) is 0 Å². The van der Waals surface area contributed by atoms with Gasteiger partial charge >= 0.3 is 0 Å². The van der Waals surface area contributed by atoms with Gasteiger partial charge in [0.2, 0.25) is 0 Å². The lowest BCUT2D eigenvalue weighted by atomic mass is 10.2. The largest absolute Gasteiger partial charge is 0.497 e. The van der Waals surface area contributed by atoms with E-state index >= 15 is 0 Å². The Morgan fingerprint density at radius 2 is 1.93 bits per heavy atom. The summed E-state index contributed by atoms with van der Waals surface area (Å²) in [5, 5.41) is 6.56. The molecule has 7 heteroatoms. The van der Waals surface area contributed by atoms with Gasteiger partial charge in [-0.25, -0.2) is 4.99 Å². The van der Waals surface area contributed by atoms with E-state index in [1.165, 1.54) is 0 Å². The molecule has 1 aromatic carbocycles. The van der Waals surface area contributed by atoms with Gasteiger partial charge in [0.1, 0.15) is 5.75 Å². The van der Waals surface area contributed by atoms with Crippen molar-refractivity contribution in [2.75, 3.05) is 26.8 Å². The van der Waals surface area contributed by atoms with E-state index in [0.29, 0.717) is 19.8 Å². The van der Waals surface area contributed by atoms with Crippen LogP contribution in [0.15, 0.2) is 53.7 Å². The lowest BCUT2D eigenvalue weighted by Gasteiger charge is -2.11. The summed E-state index contributed by atoms with van der Waals surface area (Å²) in [4.78, 5) is 8.83. The van der Waals surface area contributed by atoms with Crippen molar-refractivity contribution in [1.82, 2.24) is 15.6 Å². The molecule has 2 N–H and O–H groups in total. The maximum Gasteiger partial charge on any atom is 0.191 e. The van der Waals surface area contributed by atoms with E-state index in [-0.39, 0.29) is 24.0 Å². The first-order valence-corrected chi connectivity index (χ1v) is 8.94. The fourth-order valence-electron chi connectivity index (χ4n) is 2.29. The minimum atomic E-state index is 0. The van der Waals surface area contributed by atoms with Gasteiger partial charge in [0.25, 0.3) is 0 Å². The molecule has 0 fully saturated rings. The normalized spacial score (nSPS) is 10.8. The second kappa shape index (κ2) is 14.2. The molecule has 0 radical (unpaired) electrons. The van der Waals surface area contributed by atoms with Gasteiger partial charge in [0, 0.05) is 25.9 Å². The van der Waals surface area contributed by atoms with Crippen LogP contribution in [0, 0.1) is 0 Å². The summed E-state index contributed by atoms with van der Waals surface area (Å²) in [5.41, 5.74) is 2.09. The first-order valence-electron chi connectivity index (χ1n) is 8.94. The number of pyridine rings is 1. The van der Waals surface area contributed by atoms with Gasteiger partial charge in [-0.05, 0) is 43.2 Å². The highest BCUT2D eigenvalue weighted by Crippen LogP contribution is 2.11. The monoisotopic (exact) mass is 484 g/mol. The minimum absolute atomic E-state index is 0. The molecular weight excluding hydrogens is 455 g/mol. The summed E-state index contributed by atoms with van der Waals surface area (Å²) >= 11 is 0. The molecule has 0 saturated carbocycles. The number of aromatic nitrogens is 1. The number of guanidine groups is 1. The zero-order chi connectivity index (χ0) is 18.5. The fraction of sp³-hybridized carbons (Fsp3) is 0.400. The molecule has 0 aliphatic carbocycles. The number of halogens is 1. The van der Waals surface area contributed by atoms with Crippen LogP contribution in [0.2, 0.25) is 0 Å². The van der Waals surface area contributed by atoms with E-state index in [4.69, 9.17) is 9.47 Å². The maximum atomic E-state index is 5.71. The van der Waals surface area contributed by atoms with Gasteiger partial charge < -0.3 is 20.1 Å². The van der Waals surface area contributed by atoms with Crippen LogP contribution in [-0.4, -0.2) is 37.7 Å². The number of nitrogens with zero attached hydrogens (tertiary/aromatic N) is 2. The van der Waals surface area contributed by atoms with Crippen LogP contribution >= 0.6 is 24.0 Å². The van der Waals surface area contributed by atoms with Crippen molar-refractivity contribution in [3.05, 3.63) is 59.9 Å². The highest BCUT2D eigenvalue weighted by atomic mass is 127. The Kier molecular flexibility index (Phi) is 12.2. The Hall–Kier alpha value is -1.87. The molecule has 0 spiro atoms. The van der Waals surface area contributed by atoms with Crippen molar-refractivity contribution in [2.45, 2.75) is 26.5 Å². The maximum absolute atomic E-state index is 5.71. The molecule has 0 amide bonds. The Balaban J connectivity index is 0.00000364. The topological polar surface area (TPSA) is 67.8 Å². The third kappa shape index (κ3) is 9.58. The summed E-state index contributed by atoms with van der Waals surface area (Å²) in [6.07, 6.45) is 2.69. The quantitative estimate of drug-likeness (QED) is 0.234. The average molecular weight is 484 g/mol. The molecule has 6 nitrogen and oxygen atoms in total. The molecule has 2 aromatic rings. The van der Waals surface area contributed by atoms with E-state index in [0.717, 1.165) is 42.5 Å². The van der Waals surface area contributed by atoms with Crippen molar-refractivity contribution >= 4 is 29.9 Å². The van der Waals surface area contributed by atoms with Gasteiger partial charge in [0.05, 0.1) is 26.0 Å². The molecule has 1 aromatic heterocycles. The van der Waals surface area contributed by atoms with Crippen LogP contribution in [0.25, 0.3) is 0 Å². The van der Waals surface area contributed by atoms with Gasteiger partial charge in [-0.15, -0.1) is 24.0 Å². The van der Waals surface area contributed by atoms with Crippen molar-refractivity contribution < 1.29 is 9.47 Å². The first-order chi connectivity index (χ1) is 12.8. The van der Waals surface area contributed by atoms with Crippen molar-refractivity contribution in [2.24, 2.45) is 4.99 Å². The number of rotatable bonds is 10. The van der Waals surface area contributed by atoms with Gasteiger partial charge in [-0.2, -0.15) is 0 Å². The van der Waals surface area contributed by atoms with Crippen LogP contribution in [0.4, 0.5) is 0 Å². The third-order valence-corrected chi connectivity index (χ3v) is 3.66. The van der Waals surface area contributed by atoms with E-state index in [1.807, 2.05) is 42.5 Å². The molecule has 0 unspecified atom stereocenters. The lowest BCUT2D eigenvalue weighted by molar-refractivity contribution is 0.119. The highest BCUT2D eigenvalue weighted by Gasteiger charge is 1.99. The Labute approximate surface area is 178 Å². The molecular formula is C20H29IN4O2. The molecule has 1 heterocycles. The summed E-state index contributed by atoms with van der Waals surface area (Å²) in [5.74, 6) is 1.66. The molecule has 0 atom stereocenters. The Bertz CT molecular complexity index is 651. The van der Waals surface area contributed by atoms with E-state index in [1.54, 1.807) is 13.3 Å². The fourth-order valence-corrected chi connectivity index (χ4v) is 2.29. The first kappa shape index (κ1) is 23.2. The van der Waals surface area contributed by atoms with Gasteiger partial charge in [-0.3, -0.25) is 4.98 Å². The molecule has 0 saturated heterocycles. The molecule has 0 aliphatic rings. The molecule has 0 bridgehead atoms. The van der Waals surface area contributed by atoms with Crippen molar-refractivity contribution in [3.8, 4) is 5.75 Å². The van der Waals surface area contributed by atoms with E-state index in [9.17, 15) is 0 Å². The van der Waals surface area contributed by atoms with E-state index < -0.39 is 0 Å². The number of methoxy groups -OCH3 is 1. The molecule has 0 aliphatic heterocycles. The van der Waals surface area contributed by atoms with Crippen LogP contribution in [-0.2, 0) is 17.9 Å². The number of hydrogen-bond acceptors (Lipinski definition) is 4. The third-order valence-electron chi connectivity index (χ3n) is 3.66. The smallest absolute Gasteiger partial charge is 0.191 e. The standard InChI is InChI=1S/C20H28N4O2.HI/c1-3-21-20(24-15-18-7-4-5-12-22-18)23-13-6-14-26-16-17-8-10-19(25-2)11-9-17;/h4-5,7-12H,3,6,13-16H2,1-2H3,(H2,21,23,24);1H. The summed E-state index contributed by atoms with van der Waals surface area (Å²) < 4.78 is 10.9. The number of benzene rings is 1. The average Bonchev–Trinajstić information content (AvgIpc) is 2.70. The van der Waals surface area contributed by atoms with Crippen molar-refractivity contribution in [1.29, 1.82) is 0 Å². The molecule has 2 rings (SSSR count). The van der Waals surface area contributed by atoms with Crippen LogP contribution < -0.4 is 15.4 Å². The Morgan fingerprint density at radius 3 is 2.59 bits per heavy atom. The molecule has 27 heavy (non-hydrogen) atoms. The number of ether oxygens (including phenoxy) is 2. The second-order valence-corrected chi connectivity index (χ2v) is 5.70. The van der Waals surface area contributed by atoms with Crippen molar-refractivity contribution in [3.63, 3.8) is 0 Å². The number of aliphatic imine (C=N–C) groups is 1. The van der Waals surface area contributed by atoms with Gasteiger partial charge in [-0.1, -0.05) is 18.2 Å². The highest BCUT2D eigenvalue weighted by molar-refractivity contribution is 14.0. The van der Waals surface area contributed by atoms with Gasteiger partial charge in [0.15, 0.2) is 5.96 Å². The summed E-state index contributed by atoms with van der Waals surface area (Å²) in [7, 11) is 1.67. The SMILES string of the molecule is CCNC(=NCc1ccccn1)NCCCOCc1ccc(OC)cc1.I. The predicted octanol–water partition coefficient (Wildman–Crippen LogP) is 3.37. The predicted molar refractivity (Wildman–Crippen MR) is 120 cm³/mol. The van der Waals surface area contributed by atoms with Crippen LogP contribution in [0.5, 0.6) is 5.75 Å². The zero-order valence-corrected chi connectivity index (χ0v) is 18.3. The number of nitrogens with one attached hydrogen (secondary N) is 2. The summed E-state index contributed by atoms with van der Waals surface area (Å²) in [6.45, 7) is 5.54. The summed E-state index contributed by atoms with van der Waals surface area (Å²) in [6, 6.07) is 13.8. The second-order valence-electron chi connectivity index (χ2n) is 5.70. The van der Waals surface area contributed by atoms with Crippen LogP contribution in [0.1, 0.15) is 24.6 Å². The number of hydrogen-bond donors (Lipinski definition) is 2. The minimum Gasteiger partial charge on any atom is -0.497 e.